The molecule has 0 bridgehead atoms. The monoisotopic (exact) mass is 272 g/mol. The Morgan fingerprint density at radius 3 is 3.00 bits per heavy atom. The van der Waals surface area contributed by atoms with Gasteiger partial charge in [-0.3, -0.25) is 19.7 Å². The fourth-order valence-corrected chi connectivity index (χ4v) is 2.15. The van der Waals surface area contributed by atoms with E-state index in [2.05, 4.69) is 20.6 Å². The summed E-state index contributed by atoms with van der Waals surface area (Å²) >= 11 is 0. The predicted octanol–water partition coefficient (Wildman–Crippen LogP) is 0.0979. The molecule has 0 spiro atoms. The minimum atomic E-state index is -0.669. The summed E-state index contributed by atoms with van der Waals surface area (Å²) in [6.45, 7) is 0. The summed E-state index contributed by atoms with van der Waals surface area (Å²) in [5.74, 6) is -1.12. The number of nitrogens with zero attached hydrogens (tertiary/aromatic N) is 1. The number of piperidine rings is 1. The number of carbonyl (C=O) groups is 3. The fourth-order valence-electron chi connectivity index (χ4n) is 2.15. The van der Waals surface area contributed by atoms with Crippen LogP contribution in [-0.2, 0) is 9.59 Å². The Hall–Kier alpha value is -2.70. The Bertz CT molecular complexity index is 706. The number of aromatic nitrogens is 2. The molecule has 1 aromatic carbocycles. The minimum Gasteiger partial charge on any atom is -0.345 e. The Labute approximate surface area is 113 Å². The third kappa shape index (κ3) is 2.25. The Balaban J connectivity index is 1.75. The summed E-state index contributed by atoms with van der Waals surface area (Å²) < 4.78 is 0. The molecule has 1 aliphatic heterocycles. The van der Waals surface area contributed by atoms with Crippen molar-refractivity contribution in [3.8, 4) is 0 Å². The highest BCUT2D eigenvalue weighted by Crippen LogP contribution is 2.12. The van der Waals surface area contributed by atoms with Gasteiger partial charge in [0.2, 0.25) is 11.8 Å². The minimum absolute atomic E-state index is 0.232. The second-order valence-corrected chi connectivity index (χ2v) is 4.61. The molecule has 1 unspecified atom stereocenters. The van der Waals surface area contributed by atoms with E-state index in [-0.39, 0.29) is 18.2 Å². The Morgan fingerprint density at radius 2 is 2.20 bits per heavy atom. The van der Waals surface area contributed by atoms with E-state index in [9.17, 15) is 14.4 Å². The van der Waals surface area contributed by atoms with Crippen LogP contribution in [0.5, 0.6) is 0 Å². The molecule has 102 valence electrons. The van der Waals surface area contributed by atoms with Crippen LogP contribution >= 0.6 is 0 Å². The van der Waals surface area contributed by atoms with Gasteiger partial charge in [0.15, 0.2) is 0 Å². The SMILES string of the molecule is O=C1CCC(NC(=O)c2ccc3nc[nH]c3c2)C(=O)N1. The van der Waals surface area contributed by atoms with Crippen LogP contribution in [0.25, 0.3) is 11.0 Å². The summed E-state index contributed by atoms with van der Waals surface area (Å²) in [7, 11) is 0. The van der Waals surface area contributed by atoms with E-state index in [0.29, 0.717) is 12.0 Å². The molecular formula is C13H12N4O3. The van der Waals surface area contributed by atoms with Gasteiger partial charge in [0, 0.05) is 12.0 Å². The predicted molar refractivity (Wildman–Crippen MR) is 69.7 cm³/mol. The lowest BCUT2D eigenvalue weighted by Crippen LogP contribution is -2.52. The van der Waals surface area contributed by atoms with Gasteiger partial charge in [0.05, 0.1) is 17.4 Å². The van der Waals surface area contributed by atoms with Crippen LogP contribution < -0.4 is 10.6 Å². The summed E-state index contributed by atoms with van der Waals surface area (Å²) in [5.41, 5.74) is 1.95. The van der Waals surface area contributed by atoms with Gasteiger partial charge < -0.3 is 10.3 Å². The molecule has 3 rings (SSSR count). The van der Waals surface area contributed by atoms with Crippen molar-refractivity contribution in [2.24, 2.45) is 0 Å². The summed E-state index contributed by atoms with van der Waals surface area (Å²) in [4.78, 5) is 41.7. The van der Waals surface area contributed by atoms with Crippen molar-refractivity contribution in [2.45, 2.75) is 18.9 Å². The molecule has 2 aromatic rings. The first-order chi connectivity index (χ1) is 9.63. The second-order valence-electron chi connectivity index (χ2n) is 4.61. The number of imidazole rings is 1. The number of H-pyrrole nitrogens is 1. The largest absolute Gasteiger partial charge is 0.345 e. The number of imide groups is 1. The average molecular weight is 272 g/mol. The van der Waals surface area contributed by atoms with Crippen molar-refractivity contribution in [3.05, 3.63) is 30.1 Å². The third-order valence-corrected chi connectivity index (χ3v) is 3.23. The maximum atomic E-state index is 12.1. The number of rotatable bonds is 2. The standard InChI is InChI=1S/C13H12N4O3/c18-11-4-3-9(13(20)17-11)16-12(19)7-1-2-8-10(5-7)15-6-14-8/h1-2,5-6,9H,3-4H2,(H,14,15)(H,16,19)(H,17,18,20). The van der Waals surface area contributed by atoms with Crippen LogP contribution in [0.2, 0.25) is 0 Å². The van der Waals surface area contributed by atoms with Crippen LogP contribution in [0.3, 0.4) is 0 Å². The zero-order valence-electron chi connectivity index (χ0n) is 10.5. The molecule has 7 heteroatoms. The first kappa shape index (κ1) is 12.3. The first-order valence-electron chi connectivity index (χ1n) is 6.21. The van der Waals surface area contributed by atoms with Gasteiger partial charge in [-0.2, -0.15) is 0 Å². The van der Waals surface area contributed by atoms with E-state index in [4.69, 9.17) is 0 Å². The van der Waals surface area contributed by atoms with Crippen LogP contribution in [0.15, 0.2) is 24.5 Å². The van der Waals surface area contributed by atoms with Crippen LogP contribution in [0.4, 0.5) is 0 Å². The van der Waals surface area contributed by atoms with Gasteiger partial charge in [-0.1, -0.05) is 0 Å². The van der Waals surface area contributed by atoms with Crippen LogP contribution in [0, 0.1) is 0 Å². The van der Waals surface area contributed by atoms with Gasteiger partial charge >= 0.3 is 0 Å². The molecule has 1 fully saturated rings. The number of carbonyl (C=O) groups excluding carboxylic acids is 3. The van der Waals surface area contributed by atoms with E-state index in [0.717, 1.165) is 11.0 Å². The number of nitrogens with one attached hydrogen (secondary N) is 3. The number of hydrogen-bond donors (Lipinski definition) is 3. The van der Waals surface area contributed by atoms with E-state index < -0.39 is 11.9 Å². The molecule has 7 nitrogen and oxygen atoms in total. The zero-order valence-corrected chi connectivity index (χ0v) is 10.5. The van der Waals surface area contributed by atoms with E-state index in [1.54, 1.807) is 24.5 Å². The molecule has 1 saturated heterocycles. The molecule has 0 aliphatic carbocycles. The van der Waals surface area contributed by atoms with Crippen molar-refractivity contribution in [3.63, 3.8) is 0 Å². The van der Waals surface area contributed by atoms with Gasteiger partial charge in [-0.25, -0.2) is 4.98 Å². The highest BCUT2D eigenvalue weighted by Gasteiger charge is 2.28. The lowest BCUT2D eigenvalue weighted by molar-refractivity contribution is -0.134. The molecule has 0 radical (unpaired) electrons. The summed E-state index contributed by atoms with van der Waals surface area (Å²) in [5, 5.41) is 4.83. The second kappa shape index (κ2) is 4.76. The molecule has 20 heavy (non-hydrogen) atoms. The maximum absolute atomic E-state index is 12.1. The molecule has 0 saturated carbocycles. The average Bonchev–Trinajstić information content (AvgIpc) is 2.89. The van der Waals surface area contributed by atoms with Crippen molar-refractivity contribution in [1.29, 1.82) is 0 Å². The molecule has 1 aromatic heterocycles. The number of amides is 3. The van der Waals surface area contributed by atoms with Crippen LogP contribution in [0.1, 0.15) is 23.2 Å². The Kier molecular flexibility index (Phi) is 2.94. The highest BCUT2D eigenvalue weighted by atomic mass is 16.2. The highest BCUT2D eigenvalue weighted by molar-refractivity contribution is 6.04. The molecule has 1 atom stereocenters. The number of hydrogen-bond acceptors (Lipinski definition) is 4. The third-order valence-electron chi connectivity index (χ3n) is 3.23. The summed E-state index contributed by atoms with van der Waals surface area (Å²) in [6.07, 6.45) is 2.10. The van der Waals surface area contributed by atoms with Crippen LogP contribution in [-0.4, -0.2) is 33.7 Å². The van der Waals surface area contributed by atoms with Crippen molar-refractivity contribution in [1.82, 2.24) is 20.6 Å². The zero-order chi connectivity index (χ0) is 14.1. The van der Waals surface area contributed by atoms with Gasteiger partial charge in [-0.15, -0.1) is 0 Å². The molecular weight excluding hydrogens is 260 g/mol. The first-order valence-corrected chi connectivity index (χ1v) is 6.21. The molecule has 1 aliphatic rings. The van der Waals surface area contributed by atoms with Crippen molar-refractivity contribution >= 4 is 28.8 Å². The smallest absolute Gasteiger partial charge is 0.252 e. The lowest BCUT2D eigenvalue weighted by atomic mass is 10.1. The van der Waals surface area contributed by atoms with E-state index in [1.165, 1.54) is 0 Å². The quantitative estimate of drug-likeness (QED) is 0.674. The van der Waals surface area contributed by atoms with E-state index >= 15 is 0 Å². The van der Waals surface area contributed by atoms with Gasteiger partial charge in [0.1, 0.15) is 6.04 Å². The Morgan fingerprint density at radius 1 is 1.35 bits per heavy atom. The lowest BCUT2D eigenvalue weighted by Gasteiger charge is -2.21. The normalized spacial score (nSPS) is 18.9. The van der Waals surface area contributed by atoms with Gasteiger partial charge in [0.25, 0.3) is 5.91 Å². The number of fused-ring (bicyclic) bond motifs is 1. The molecule has 2 heterocycles. The molecule has 3 N–H and O–H groups in total. The fraction of sp³-hybridized carbons (Fsp3) is 0.231. The van der Waals surface area contributed by atoms with Gasteiger partial charge in [-0.05, 0) is 24.6 Å². The van der Waals surface area contributed by atoms with Crippen molar-refractivity contribution in [2.75, 3.05) is 0 Å². The number of benzene rings is 1. The topological polar surface area (TPSA) is 104 Å². The summed E-state index contributed by atoms with van der Waals surface area (Å²) in [6, 6.07) is 4.37. The number of aromatic amines is 1. The molecule has 3 amide bonds. The van der Waals surface area contributed by atoms with Crippen molar-refractivity contribution < 1.29 is 14.4 Å². The van der Waals surface area contributed by atoms with E-state index in [1.807, 2.05) is 0 Å². The maximum Gasteiger partial charge on any atom is 0.252 e.